The minimum absolute atomic E-state index is 0.00836. The van der Waals surface area contributed by atoms with E-state index in [4.69, 9.17) is 9.84 Å². The summed E-state index contributed by atoms with van der Waals surface area (Å²) >= 11 is 0. The molecule has 1 amide bonds. The van der Waals surface area contributed by atoms with Crippen LogP contribution in [0, 0.1) is 5.92 Å². The van der Waals surface area contributed by atoms with E-state index in [1.807, 2.05) is 18.2 Å². The Morgan fingerprint density at radius 2 is 1.88 bits per heavy atom. The van der Waals surface area contributed by atoms with E-state index in [-0.39, 0.29) is 42.1 Å². The van der Waals surface area contributed by atoms with Crippen molar-refractivity contribution in [1.82, 2.24) is 15.1 Å². The van der Waals surface area contributed by atoms with Crippen molar-refractivity contribution in [3.63, 3.8) is 0 Å². The first-order valence-corrected chi connectivity index (χ1v) is 11.4. The van der Waals surface area contributed by atoms with Crippen molar-refractivity contribution in [2.75, 3.05) is 13.2 Å². The monoisotopic (exact) mass is 449 g/mol. The van der Waals surface area contributed by atoms with E-state index in [1.165, 1.54) is 6.07 Å². The fourth-order valence-electron chi connectivity index (χ4n) is 4.91. The second-order valence-electron chi connectivity index (χ2n) is 8.85. The summed E-state index contributed by atoms with van der Waals surface area (Å²) in [5.74, 6) is 0.171. The van der Waals surface area contributed by atoms with E-state index < -0.39 is 0 Å². The third-order valence-electron chi connectivity index (χ3n) is 6.67. The molecule has 5 rings (SSSR count). The van der Waals surface area contributed by atoms with Gasteiger partial charge >= 0.3 is 0 Å². The predicted molar refractivity (Wildman–Crippen MR) is 121 cm³/mol. The van der Waals surface area contributed by atoms with Crippen molar-refractivity contribution in [2.24, 2.45) is 5.92 Å². The number of aliphatic hydroxyl groups is 1. The van der Waals surface area contributed by atoms with Gasteiger partial charge in [0.1, 0.15) is 23.8 Å². The second kappa shape index (κ2) is 8.86. The summed E-state index contributed by atoms with van der Waals surface area (Å²) in [6.07, 6.45) is 4.99. The fourth-order valence-corrected chi connectivity index (χ4v) is 4.91. The normalized spacial score (nSPS) is 16.2. The number of ketones is 1. The molecular formula is C25H27N3O5. The molecular weight excluding hydrogens is 422 g/mol. The first kappa shape index (κ1) is 21.5. The number of phenols is 1. The lowest BCUT2D eigenvalue weighted by Gasteiger charge is -2.19. The van der Waals surface area contributed by atoms with Crippen LogP contribution in [0.15, 0.2) is 30.3 Å². The van der Waals surface area contributed by atoms with Gasteiger partial charge in [0.25, 0.3) is 5.91 Å². The van der Waals surface area contributed by atoms with Crippen LogP contribution in [0.1, 0.15) is 64.1 Å². The molecule has 0 saturated heterocycles. The first-order chi connectivity index (χ1) is 16.0. The van der Waals surface area contributed by atoms with Crippen LogP contribution in [0.2, 0.25) is 0 Å². The molecule has 0 atom stereocenters. The molecule has 1 aliphatic carbocycles. The number of nitrogens with one attached hydrogen (secondary N) is 1. The number of ether oxygens (including phenoxy) is 1. The van der Waals surface area contributed by atoms with Gasteiger partial charge in [0.15, 0.2) is 5.78 Å². The van der Waals surface area contributed by atoms with E-state index in [2.05, 4.69) is 10.2 Å². The van der Waals surface area contributed by atoms with E-state index in [0.717, 1.165) is 43.2 Å². The zero-order valence-corrected chi connectivity index (χ0v) is 18.3. The zero-order chi connectivity index (χ0) is 22.9. The number of carbonyl (C=O) groups excluding carboxylic acids is 2. The number of amides is 1. The number of benzene rings is 2. The van der Waals surface area contributed by atoms with Crippen LogP contribution in [0.25, 0.3) is 10.9 Å². The average Bonchev–Trinajstić information content (AvgIpc) is 3.45. The number of Topliss-reactive ketones (excluding diaryl/α,β-unsaturated/α-hetero) is 1. The summed E-state index contributed by atoms with van der Waals surface area (Å²) in [6, 6.07) is 8.66. The molecule has 0 spiro atoms. The first-order valence-electron chi connectivity index (χ1n) is 11.4. The Morgan fingerprint density at radius 3 is 2.67 bits per heavy atom. The molecule has 2 heterocycles. The van der Waals surface area contributed by atoms with Crippen molar-refractivity contribution < 1.29 is 24.5 Å². The zero-order valence-electron chi connectivity index (χ0n) is 18.3. The third-order valence-corrected chi connectivity index (χ3v) is 6.67. The summed E-state index contributed by atoms with van der Waals surface area (Å²) < 4.78 is 5.47. The van der Waals surface area contributed by atoms with Gasteiger partial charge in [-0.15, -0.1) is 0 Å². The number of hydrogen-bond donors (Lipinski definition) is 3. The minimum atomic E-state index is -0.305. The standard InChI is InChI=1S/C25H27N3O5/c29-8-9-33-18-7-6-16-13-28(14-17(16)10-18)25(32)20-11-19-21(12-22(20)30)26-27-23(19)24(31)15-4-2-1-3-5-15/h6-7,10-12,15,29-30H,1-5,8-9,13-14H2,(H,26,27). The van der Waals surface area contributed by atoms with Gasteiger partial charge in [-0.1, -0.05) is 25.3 Å². The molecule has 3 aromatic rings. The minimum Gasteiger partial charge on any atom is -0.507 e. The molecule has 8 nitrogen and oxygen atoms in total. The van der Waals surface area contributed by atoms with E-state index in [1.54, 1.807) is 11.0 Å². The van der Waals surface area contributed by atoms with Crippen LogP contribution < -0.4 is 4.74 Å². The Bertz CT molecular complexity index is 1210. The van der Waals surface area contributed by atoms with E-state index in [0.29, 0.717) is 35.4 Å². The van der Waals surface area contributed by atoms with Crippen LogP contribution in [-0.4, -0.2) is 50.2 Å². The fraction of sp³-hybridized carbons (Fsp3) is 0.400. The molecule has 1 saturated carbocycles. The number of hydrogen-bond acceptors (Lipinski definition) is 6. The molecule has 0 unspecified atom stereocenters. The number of aromatic amines is 1. The Morgan fingerprint density at radius 1 is 1.09 bits per heavy atom. The van der Waals surface area contributed by atoms with Crippen molar-refractivity contribution in [1.29, 1.82) is 0 Å². The molecule has 33 heavy (non-hydrogen) atoms. The Balaban J connectivity index is 1.40. The lowest BCUT2D eigenvalue weighted by Crippen LogP contribution is -2.25. The molecule has 1 fully saturated rings. The van der Waals surface area contributed by atoms with Crippen molar-refractivity contribution in [3.05, 3.63) is 52.7 Å². The maximum absolute atomic E-state index is 13.3. The quantitative estimate of drug-likeness (QED) is 0.496. The molecule has 2 aromatic carbocycles. The van der Waals surface area contributed by atoms with Gasteiger partial charge in [-0.3, -0.25) is 14.7 Å². The largest absolute Gasteiger partial charge is 0.507 e. The van der Waals surface area contributed by atoms with Crippen LogP contribution in [0.3, 0.4) is 0 Å². The highest BCUT2D eigenvalue weighted by Gasteiger charge is 2.29. The topological polar surface area (TPSA) is 116 Å². The number of aromatic nitrogens is 2. The summed E-state index contributed by atoms with van der Waals surface area (Å²) in [6.45, 7) is 0.955. The van der Waals surface area contributed by atoms with Crippen LogP contribution in [0.4, 0.5) is 0 Å². The van der Waals surface area contributed by atoms with Gasteiger partial charge in [-0.05, 0) is 42.2 Å². The van der Waals surface area contributed by atoms with Crippen LogP contribution in [-0.2, 0) is 13.1 Å². The highest BCUT2D eigenvalue weighted by atomic mass is 16.5. The number of rotatable bonds is 6. The Kier molecular flexibility index (Phi) is 5.76. The number of aromatic hydroxyl groups is 1. The maximum atomic E-state index is 13.3. The molecule has 3 N–H and O–H groups in total. The van der Waals surface area contributed by atoms with Gasteiger partial charge in [0.05, 0.1) is 17.7 Å². The number of aliphatic hydroxyl groups excluding tert-OH is 1. The Hall–Kier alpha value is -3.39. The molecule has 0 radical (unpaired) electrons. The number of H-pyrrole nitrogens is 1. The van der Waals surface area contributed by atoms with E-state index >= 15 is 0 Å². The predicted octanol–water partition coefficient (Wildman–Crippen LogP) is 3.56. The number of fused-ring (bicyclic) bond motifs is 2. The van der Waals surface area contributed by atoms with Crippen LogP contribution in [0.5, 0.6) is 11.5 Å². The van der Waals surface area contributed by atoms with Crippen LogP contribution >= 0.6 is 0 Å². The lowest BCUT2D eigenvalue weighted by molar-refractivity contribution is 0.0748. The van der Waals surface area contributed by atoms with Crippen molar-refractivity contribution >= 4 is 22.6 Å². The smallest absolute Gasteiger partial charge is 0.258 e. The SMILES string of the molecule is O=C(c1n[nH]c2cc(O)c(C(=O)N3Cc4ccc(OCCO)cc4C3)cc12)C1CCCCC1. The lowest BCUT2D eigenvalue weighted by atomic mass is 9.84. The van der Waals surface area contributed by atoms with Gasteiger partial charge < -0.3 is 19.8 Å². The average molecular weight is 450 g/mol. The summed E-state index contributed by atoms with van der Waals surface area (Å²) in [7, 11) is 0. The summed E-state index contributed by atoms with van der Waals surface area (Å²) in [4.78, 5) is 28.1. The number of phenolic OH excluding ortho intramolecular Hbond substituents is 1. The molecule has 2 aliphatic rings. The highest BCUT2D eigenvalue weighted by Crippen LogP contribution is 2.33. The van der Waals surface area contributed by atoms with E-state index in [9.17, 15) is 14.7 Å². The molecule has 1 aliphatic heterocycles. The Labute approximate surface area is 191 Å². The molecule has 172 valence electrons. The van der Waals surface area contributed by atoms with Gasteiger partial charge in [0, 0.05) is 30.5 Å². The third kappa shape index (κ3) is 4.06. The highest BCUT2D eigenvalue weighted by molar-refractivity contribution is 6.10. The summed E-state index contributed by atoms with van der Waals surface area (Å²) in [5.41, 5.74) is 3.03. The molecule has 1 aromatic heterocycles. The molecule has 0 bridgehead atoms. The second-order valence-corrected chi connectivity index (χ2v) is 8.85. The van der Waals surface area contributed by atoms with Crippen molar-refractivity contribution in [3.8, 4) is 11.5 Å². The van der Waals surface area contributed by atoms with Gasteiger partial charge in [-0.25, -0.2) is 0 Å². The summed E-state index contributed by atoms with van der Waals surface area (Å²) in [5, 5.41) is 27.2. The van der Waals surface area contributed by atoms with Gasteiger partial charge in [-0.2, -0.15) is 5.10 Å². The van der Waals surface area contributed by atoms with Crippen molar-refractivity contribution in [2.45, 2.75) is 45.2 Å². The number of nitrogens with zero attached hydrogens (tertiary/aromatic N) is 2. The maximum Gasteiger partial charge on any atom is 0.258 e. The number of carbonyl (C=O) groups is 2. The van der Waals surface area contributed by atoms with Gasteiger partial charge in [0.2, 0.25) is 0 Å². The molecule has 8 heteroatoms.